The molecule has 2 amide bonds. The van der Waals surface area contributed by atoms with Gasteiger partial charge in [-0.15, -0.1) is 0 Å². The van der Waals surface area contributed by atoms with Gasteiger partial charge >= 0.3 is 12.2 Å². The van der Waals surface area contributed by atoms with Gasteiger partial charge in [-0.1, -0.05) is 62.4 Å². The SMILES string of the molecule is CC.Cc1ccc(C(Cc2ccccc2)(c2cccc(C(F)(F)F)c2)N(C)C(=O)Nc2ccc(F)c(F)c2)nc1. The fourth-order valence-corrected chi connectivity index (χ4v) is 4.34. The molecule has 40 heavy (non-hydrogen) atoms. The molecule has 0 bridgehead atoms. The summed E-state index contributed by atoms with van der Waals surface area (Å²) in [5.41, 5.74) is -0.354. The first kappa shape index (κ1) is 30.3. The van der Waals surface area contributed by atoms with E-state index in [1.165, 1.54) is 30.1 Å². The van der Waals surface area contributed by atoms with Crippen molar-refractivity contribution >= 4 is 11.7 Å². The van der Waals surface area contributed by atoms with Gasteiger partial charge in [0.05, 0.1) is 11.3 Å². The van der Waals surface area contributed by atoms with E-state index in [4.69, 9.17) is 0 Å². The number of carbonyl (C=O) groups excluding carboxylic acids is 1. The van der Waals surface area contributed by atoms with Crippen LogP contribution in [0.1, 0.15) is 41.8 Å². The number of benzene rings is 3. The summed E-state index contributed by atoms with van der Waals surface area (Å²) in [7, 11) is 1.43. The first-order valence-corrected chi connectivity index (χ1v) is 12.7. The van der Waals surface area contributed by atoms with Gasteiger partial charge < -0.3 is 10.2 Å². The van der Waals surface area contributed by atoms with Crippen molar-refractivity contribution in [1.29, 1.82) is 0 Å². The van der Waals surface area contributed by atoms with Crippen LogP contribution in [0.5, 0.6) is 0 Å². The Kier molecular flexibility index (Phi) is 9.63. The number of anilines is 1. The van der Waals surface area contributed by atoms with Crippen molar-refractivity contribution in [2.75, 3.05) is 12.4 Å². The zero-order valence-electron chi connectivity index (χ0n) is 22.6. The molecule has 0 aliphatic heterocycles. The second-order valence-electron chi connectivity index (χ2n) is 8.94. The van der Waals surface area contributed by atoms with E-state index < -0.39 is 34.9 Å². The van der Waals surface area contributed by atoms with Crippen LogP contribution < -0.4 is 5.32 Å². The number of aryl methyl sites for hydroxylation is 1. The minimum absolute atomic E-state index is 0.0183. The fraction of sp³-hybridized carbons (Fsp3) is 0.226. The summed E-state index contributed by atoms with van der Waals surface area (Å²) in [5.74, 6) is -2.23. The molecule has 1 heterocycles. The third-order valence-corrected chi connectivity index (χ3v) is 6.35. The summed E-state index contributed by atoms with van der Waals surface area (Å²) in [4.78, 5) is 19.4. The molecule has 0 saturated carbocycles. The summed E-state index contributed by atoms with van der Waals surface area (Å²) < 4.78 is 68.6. The number of pyridine rings is 1. The van der Waals surface area contributed by atoms with Gasteiger partial charge in [0.15, 0.2) is 11.6 Å². The lowest BCUT2D eigenvalue weighted by Crippen LogP contribution is -2.51. The van der Waals surface area contributed by atoms with Gasteiger partial charge in [-0.25, -0.2) is 13.6 Å². The third-order valence-electron chi connectivity index (χ3n) is 6.35. The van der Waals surface area contributed by atoms with Crippen molar-refractivity contribution in [1.82, 2.24) is 9.88 Å². The monoisotopic (exact) mass is 555 g/mol. The Morgan fingerprint density at radius 3 is 2.12 bits per heavy atom. The van der Waals surface area contributed by atoms with Gasteiger partial charge in [-0.3, -0.25) is 4.98 Å². The van der Waals surface area contributed by atoms with Gasteiger partial charge in [0.25, 0.3) is 0 Å². The van der Waals surface area contributed by atoms with E-state index in [-0.39, 0.29) is 17.7 Å². The Morgan fingerprint density at radius 2 is 1.52 bits per heavy atom. The van der Waals surface area contributed by atoms with E-state index in [0.29, 0.717) is 5.69 Å². The van der Waals surface area contributed by atoms with Crippen molar-refractivity contribution in [3.63, 3.8) is 0 Å². The maximum atomic E-state index is 13.8. The summed E-state index contributed by atoms with van der Waals surface area (Å²) in [6.07, 6.45) is -2.97. The lowest BCUT2D eigenvalue weighted by Gasteiger charge is -2.42. The summed E-state index contributed by atoms with van der Waals surface area (Å²) in [5, 5.41) is 2.53. The zero-order chi connectivity index (χ0) is 29.5. The Balaban J connectivity index is 0.00000216. The highest BCUT2D eigenvalue weighted by atomic mass is 19.4. The van der Waals surface area contributed by atoms with Crippen molar-refractivity contribution in [2.45, 2.75) is 38.9 Å². The molecular weight excluding hydrogens is 525 g/mol. The predicted octanol–water partition coefficient (Wildman–Crippen LogP) is 8.36. The van der Waals surface area contributed by atoms with Crippen LogP contribution in [0.3, 0.4) is 0 Å². The standard InChI is InChI=1S/C29H24F5N3O.C2H6/c1-19-11-14-26(35-18-19)28(17-20-7-4-3-5-8-20,21-9-6-10-22(15-21)29(32,33)34)37(2)27(38)36-23-12-13-24(30)25(31)16-23;1-2/h3-16,18H,17H2,1-2H3,(H,36,38);1-2H3. The van der Waals surface area contributed by atoms with Gasteiger partial charge in [0, 0.05) is 31.4 Å². The van der Waals surface area contributed by atoms with Crippen LogP contribution in [0.4, 0.5) is 32.4 Å². The highest BCUT2D eigenvalue weighted by Gasteiger charge is 2.44. The summed E-state index contributed by atoms with van der Waals surface area (Å²) in [6.45, 7) is 5.82. The molecule has 9 heteroatoms. The Labute approximate surface area is 230 Å². The molecule has 0 aliphatic rings. The molecule has 1 atom stereocenters. The number of aromatic nitrogens is 1. The Hall–Kier alpha value is -4.27. The van der Waals surface area contributed by atoms with E-state index in [9.17, 15) is 26.7 Å². The first-order valence-electron chi connectivity index (χ1n) is 12.7. The lowest BCUT2D eigenvalue weighted by molar-refractivity contribution is -0.137. The molecule has 3 aromatic carbocycles. The highest BCUT2D eigenvalue weighted by molar-refractivity contribution is 5.90. The number of halogens is 5. The van der Waals surface area contributed by atoms with Gasteiger partial charge in [-0.05, 0) is 53.9 Å². The van der Waals surface area contributed by atoms with E-state index in [0.717, 1.165) is 35.4 Å². The quantitative estimate of drug-likeness (QED) is 0.243. The molecule has 1 unspecified atom stereocenters. The molecule has 1 N–H and O–H groups in total. The Morgan fingerprint density at radius 1 is 0.850 bits per heavy atom. The molecule has 0 fully saturated rings. The first-order chi connectivity index (χ1) is 19.0. The summed E-state index contributed by atoms with van der Waals surface area (Å²) >= 11 is 0. The zero-order valence-corrected chi connectivity index (χ0v) is 22.6. The van der Waals surface area contributed by atoms with Gasteiger partial charge in [-0.2, -0.15) is 13.2 Å². The van der Waals surface area contributed by atoms with Crippen LogP contribution in [0.2, 0.25) is 0 Å². The molecule has 0 saturated heterocycles. The second-order valence-corrected chi connectivity index (χ2v) is 8.94. The topological polar surface area (TPSA) is 45.2 Å². The maximum Gasteiger partial charge on any atom is 0.416 e. The molecular formula is C31H30F5N3O. The van der Waals surface area contributed by atoms with Crippen LogP contribution >= 0.6 is 0 Å². The molecule has 4 aromatic rings. The molecule has 210 valence electrons. The van der Waals surface area contributed by atoms with Gasteiger partial charge in [0.1, 0.15) is 5.54 Å². The van der Waals surface area contributed by atoms with E-state index in [1.807, 2.05) is 20.8 Å². The lowest BCUT2D eigenvalue weighted by atomic mass is 9.78. The number of nitrogens with zero attached hydrogens (tertiary/aromatic N) is 2. The van der Waals surface area contributed by atoms with Crippen LogP contribution in [0.15, 0.2) is 91.1 Å². The van der Waals surface area contributed by atoms with Gasteiger partial charge in [0.2, 0.25) is 0 Å². The largest absolute Gasteiger partial charge is 0.416 e. The van der Waals surface area contributed by atoms with Crippen molar-refractivity contribution in [3.05, 3.63) is 131 Å². The van der Waals surface area contributed by atoms with Crippen molar-refractivity contribution in [2.24, 2.45) is 0 Å². The van der Waals surface area contributed by atoms with Crippen LogP contribution in [-0.4, -0.2) is 23.0 Å². The smallest absolute Gasteiger partial charge is 0.312 e. The number of hydrogen-bond acceptors (Lipinski definition) is 2. The molecule has 0 spiro atoms. The second kappa shape index (κ2) is 12.7. The minimum Gasteiger partial charge on any atom is -0.312 e. The molecule has 1 aromatic heterocycles. The molecule has 4 nitrogen and oxygen atoms in total. The van der Waals surface area contributed by atoms with Crippen LogP contribution in [0, 0.1) is 18.6 Å². The van der Waals surface area contributed by atoms with Crippen molar-refractivity contribution < 1.29 is 26.7 Å². The van der Waals surface area contributed by atoms with Crippen molar-refractivity contribution in [3.8, 4) is 0 Å². The van der Waals surface area contributed by atoms with Crippen LogP contribution in [0.25, 0.3) is 0 Å². The normalized spacial score (nSPS) is 12.5. The number of hydrogen-bond donors (Lipinski definition) is 1. The average Bonchev–Trinajstić information content (AvgIpc) is 2.95. The third kappa shape index (κ3) is 6.65. The number of nitrogens with one attached hydrogen (secondary N) is 1. The molecule has 0 aliphatic carbocycles. The predicted molar refractivity (Wildman–Crippen MR) is 146 cm³/mol. The number of urea groups is 1. The number of likely N-dealkylation sites (N-methyl/N-ethyl adjacent to an activating group) is 1. The number of rotatable bonds is 6. The average molecular weight is 556 g/mol. The minimum atomic E-state index is -4.62. The van der Waals surface area contributed by atoms with E-state index in [1.54, 1.807) is 48.7 Å². The van der Waals surface area contributed by atoms with E-state index in [2.05, 4.69) is 10.3 Å². The number of amides is 2. The maximum absolute atomic E-state index is 13.8. The van der Waals surface area contributed by atoms with Crippen LogP contribution in [-0.2, 0) is 18.1 Å². The number of carbonyl (C=O) groups is 1. The molecule has 0 radical (unpaired) electrons. The highest BCUT2D eigenvalue weighted by Crippen LogP contribution is 2.40. The van der Waals surface area contributed by atoms with E-state index >= 15 is 0 Å². The Bertz CT molecular complexity index is 1430. The fourth-order valence-electron chi connectivity index (χ4n) is 4.34. The molecule has 4 rings (SSSR count). The number of alkyl halides is 3. The summed E-state index contributed by atoms with van der Waals surface area (Å²) in [6, 6.07) is 19.3.